The van der Waals surface area contributed by atoms with Gasteiger partial charge in [-0.05, 0) is 31.4 Å². The van der Waals surface area contributed by atoms with Crippen molar-refractivity contribution in [3.63, 3.8) is 0 Å². The lowest BCUT2D eigenvalue weighted by atomic mass is 9.88. The van der Waals surface area contributed by atoms with Crippen LogP contribution in [0, 0.1) is 5.92 Å². The highest BCUT2D eigenvalue weighted by atomic mass is 32.2. The summed E-state index contributed by atoms with van der Waals surface area (Å²) >= 11 is 0. The first-order valence-corrected chi connectivity index (χ1v) is 9.86. The minimum Gasteiger partial charge on any atom is -0.480 e. The zero-order chi connectivity index (χ0) is 17.6. The molecule has 6 nitrogen and oxygen atoms in total. The average Bonchev–Trinajstić information content (AvgIpc) is 2.59. The molecule has 132 valence electrons. The van der Waals surface area contributed by atoms with Crippen LogP contribution in [0.15, 0.2) is 35.2 Å². The van der Waals surface area contributed by atoms with Gasteiger partial charge in [0.05, 0.1) is 10.6 Å². The highest BCUT2D eigenvalue weighted by Gasteiger charge is 2.28. The number of carbonyl (C=O) groups is 2. The van der Waals surface area contributed by atoms with Crippen LogP contribution in [0.3, 0.4) is 0 Å². The maximum atomic E-state index is 12.2. The van der Waals surface area contributed by atoms with Crippen LogP contribution in [-0.4, -0.2) is 37.2 Å². The zero-order valence-electron chi connectivity index (χ0n) is 13.5. The van der Waals surface area contributed by atoms with Crippen molar-refractivity contribution >= 4 is 21.7 Å². The molecule has 2 N–H and O–H groups in total. The fraction of sp³-hybridized carbons (Fsp3) is 0.529. The molecule has 2 rings (SSSR count). The third-order valence-corrected chi connectivity index (χ3v) is 6.13. The molecular formula is C17H23NO5S. The van der Waals surface area contributed by atoms with E-state index in [4.69, 9.17) is 0 Å². The third-order valence-electron chi connectivity index (χ3n) is 4.37. The third kappa shape index (κ3) is 5.06. The highest BCUT2D eigenvalue weighted by Crippen LogP contribution is 2.24. The van der Waals surface area contributed by atoms with Gasteiger partial charge in [0.15, 0.2) is 9.84 Å². The molecule has 1 saturated carbocycles. The van der Waals surface area contributed by atoms with Crippen LogP contribution < -0.4 is 5.32 Å². The van der Waals surface area contributed by atoms with Crippen molar-refractivity contribution in [2.45, 2.75) is 49.5 Å². The molecular weight excluding hydrogens is 330 g/mol. The number of carboxylic acids is 1. The smallest absolute Gasteiger partial charge is 0.326 e. The molecule has 0 aromatic heterocycles. The Morgan fingerprint density at radius 1 is 1.12 bits per heavy atom. The lowest BCUT2D eigenvalue weighted by Crippen LogP contribution is -2.44. The van der Waals surface area contributed by atoms with Crippen LogP contribution in [0.2, 0.25) is 0 Å². The molecule has 0 saturated heterocycles. The van der Waals surface area contributed by atoms with Gasteiger partial charge in [-0.1, -0.05) is 37.5 Å². The van der Waals surface area contributed by atoms with E-state index in [1.807, 2.05) is 0 Å². The van der Waals surface area contributed by atoms with Crippen molar-refractivity contribution in [2.24, 2.45) is 5.92 Å². The van der Waals surface area contributed by atoms with Gasteiger partial charge in [0.1, 0.15) is 6.04 Å². The van der Waals surface area contributed by atoms with Gasteiger partial charge in [0, 0.05) is 5.92 Å². The fourth-order valence-electron chi connectivity index (χ4n) is 2.93. The van der Waals surface area contributed by atoms with Crippen LogP contribution in [0.1, 0.15) is 38.5 Å². The molecule has 0 bridgehead atoms. The van der Waals surface area contributed by atoms with Gasteiger partial charge in [-0.3, -0.25) is 4.79 Å². The Balaban J connectivity index is 1.96. The van der Waals surface area contributed by atoms with Crippen LogP contribution in [0.25, 0.3) is 0 Å². The molecule has 0 spiro atoms. The number of benzene rings is 1. The van der Waals surface area contributed by atoms with Gasteiger partial charge >= 0.3 is 5.97 Å². The van der Waals surface area contributed by atoms with E-state index < -0.39 is 21.8 Å². The molecule has 0 aliphatic heterocycles. The Hall–Kier alpha value is -1.89. The van der Waals surface area contributed by atoms with Crippen molar-refractivity contribution in [1.82, 2.24) is 5.32 Å². The lowest BCUT2D eigenvalue weighted by molar-refractivity contribution is -0.142. The second-order valence-corrected chi connectivity index (χ2v) is 8.26. The van der Waals surface area contributed by atoms with E-state index >= 15 is 0 Å². The molecule has 1 atom stereocenters. The second kappa shape index (κ2) is 8.28. The molecule has 1 aromatic rings. The Bertz CT molecular complexity index is 665. The van der Waals surface area contributed by atoms with E-state index in [1.54, 1.807) is 18.2 Å². The molecule has 7 heteroatoms. The van der Waals surface area contributed by atoms with Gasteiger partial charge in [-0.2, -0.15) is 0 Å². The fourth-order valence-corrected chi connectivity index (χ4v) is 4.28. The van der Waals surface area contributed by atoms with Crippen LogP contribution in [0.4, 0.5) is 0 Å². The van der Waals surface area contributed by atoms with Gasteiger partial charge in [0.2, 0.25) is 5.91 Å². The standard InChI is InChI=1S/C17H23NO5S/c19-16(13-7-3-1-4-8-13)18-15(17(20)21)11-12-24(22,23)14-9-5-2-6-10-14/h2,5-6,9-10,13,15H,1,3-4,7-8,11-12H2,(H,18,19)(H,20,21)/t15-/m1/s1. The van der Waals surface area contributed by atoms with Crippen molar-refractivity contribution < 1.29 is 23.1 Å². The van der Waals surface area contributed by atoms with Gasteiger partial charge in [-0.25, -0.2) is 13.2 Å². The zero-order valence-corrected chi connectivity index (χ0v) is 14.3. The maximum absolute atomic E-state index is 12.2. The monoisotopic (exact) mass is 353 g/mol. The van der Waals surface area contributed by atoms with Crippen LogP contribution in [0.5, 0.6) is 0 Å². The maximum Gasteiger partial charge on any atom is 0.326 e. The Morgan fingerprint density at radius 2 is 1.75 bits per heavy atom. The Kier molecular flexibility index (Phi) is 6.36. The summed E-state index contributed by atoms with van der Waals surface area (Å²) in [6.45, 7) is 0. The largest absolute Gasteiger partial charge is 0.480 e. The van der Waals surface area contributed by atoms with E-state index in [0.29, 0.717) is 0 Å². The molecule has 1 aliphatic rings. The SMILES string of the molecule is O=C(N[C@H](CCS(=O)(=O)c1ccccc1)C(=O)O)C1CCCCC1. The number of carbonyl (C=O) groups excluding carboxylic acids is 1. The second-order valence-electron chi connectivity index (χ2n) is 6.15. The topological polar surface area (TPSA) is 101 Å². The summed E-state index contributed by atoms with van der Waals surface area (Å²) in [5.74, 6) is -1.97. The molecule has 1 fully saturated rings. The molecule has 0 unspecified atom stereocenters. The predicted molar refractivity (Wildman–Crippen MR) is 89.3 cm³/mol. The average molecular weight is 353 g/mol. The first-order valence-electron chi connectivity index (χ1n) is 8.21. The number of nitrogens with one attached hydrogen (secondary N) is 1. The number of hydrogen-bond donors (Lipinski definition) is 2. The van der Waals surface area contributed by atoms with Crippen LogP contribution in [-0.2, 0) is 19.4 Å². The van der Waals surface area contributed by atoms with E-state index in [-0.39, 0.29) is 28.9 Å². The van der Waals surface area contributed by atoms with Gasteiger partial charge < -0.3 is 10.4 Å². The summed E-state index contributed by atoms with van der Waals surface area (Å²) in [6.07, 6.45) is 4.42. The van der Waals surface area contributed by atoms with E-state index in [9.17, 15) is 23.1 Å². The highest BCUT2D eigenvalue weighted by molar-refractivity contribution is 7.91. The summed E-state index contributed by atoms with van der Waals surface area (Å²) < 4.78 is 24.5. The Labute approximate surface area is 142 Å². The number of carboxylic acid groups (broad SMARTS) is 1. The van der Waals surface area contributed by atoms with Crippen LogP contribution >= 0.6 is 0 Å². The lowest BCUT2D eigenvalue weighted by Gasteiger charge is -2.23. The Morgan fingerprint density at radius 3 is 2.33 bits per heavy atom. The molecule has 1 aliphatic carbocycles. The van der Waals surface area contributed by atoms with E-state index in [0.717, 1.165) is 32.1 Å². The molecule has 0 radical (unpaired) electrons. The first kappa shape index (κ1) is 18.4. The minimum atomic E-state index is -3.56. The predicted octanol–water partition coefficient (Wildman–Crippen LogP) is 2.00. The van der Waals surface area contributed by atoms with Crippen molar-refractivity contribution in [3.8, 4) is 0 Å². The quantitative estimate of drug-likeness (QED) is 0.781. The normalized spacial score (nSPS) is 17.2. The first-order chi connectivity index (χ1) is 11.4. The summed E-state index contributed by atoms with van der Waals surface area (Å²) in [4.78, 5) is 23.7. The number of amides is 1. The molecule has 0 heterocycles. The number of rotatable bonds is 7. The summed E-state index contributed by atoms with van der Waals surface area (Å²) in [7, 11) is -3.56. The van der Waals surface area contributed by atoms with E-state index in [2.05, 4.69) is 5.32 Å². The number of sulfone groups is 1. The summed E-state index contributed by atoms with van der Waals surface area (Å²) in [5.41, 5.74) is 0. The minimum absolute atomic E-state index is 0.148. The molecule has 24 heavy (non-hydrogen) atoms. The van der Waals surface area contributed by atoms with Crippen molar-refractivity contribution in [3.05, 3.63) is 30.3 Å². The van der Waals surface area contributed by atoms with Crippen molar-refractivity contribution in [1.29, 1.82) is 0 Å². The van der Waals surface area contributed by atoms with Gasteiger partial charge in [0.25, 0.3) is 0 Å². The number of hydrogen-bond acceptors (Lipinski definition) is 4. The number of aliphatic carboxylic acids is 1. The van der Waals surface area contributed by atoms with Gasteiger partial charge in [-0.15, -0.1) is 0 Å². The van der Waals surface area contributed by atoms with Crippen molar-refractivity contribution in [2.75, 3.05) is 5.75 Å². The summed E-state index contributed by atoms with van der Waals surface area (Å²) in [5, 5.41) is 11.8. The summed E-state index contributed by atoms with van der Waals surface area (Å²) in [6, 6.07) is 6.72. The molecule has 1 amide bonds. The van der Waals surface area contributed by atoms with E-state index in [1.165, 1.54) is 12.1 Å². The molecule has 1 aromatic carbocycles.